The molecule has 0 radical (unpaired) electrons. The van der Waals surface area contributed by atoms with Crippen molar-refractivity contribution in [2.75, 3.05) is 7.11 Å². The Morgan fingerprint density at radius 2 is 1.90 bits per heavy atom. The highest BCUT2D eigenvalue weighted by Crippen LogP contribution is 2.28. The lowest BCUT2D eigenvalue weighted by molar-refractivity contribution is 0.275. The van der Waals surface area contributed by atoms with Crippen LogP contribution in [0, 0.1) is 11.3 Å². The van der Waals surface area contributed by atoms with Gasteiger partial charge in [-0.2, -0.15) is 5.26 Å². The number of hydrogen-bond acceptors (Lipinski definition) is 3. The Kier molecular flexibility index (Phi) is 3.35. The van der Waals surface area contributed by atoms with Crippen molar-refractivity contribution in [3.8, 4) is 17.5 Å². The molecule has 0 amide bonds. The second-order valence-corrected chi connectivity index (χ2v) is 4.71. The molecule has 1 aromatic heterocycles. The van der Waals surface area contributed by atoms with Crippen molar-refractivity contribution in [2.24, 2.45) is 0 Å². The molecule has 0 atom stereocenters. The minimum Gasteiger partial charge on any atom is -0.497 e. The van der Waals surface area contributed by atoms with Crippen molar-refractivity contribution in [2.45, 2.75) is 6.61 Å². The topological polar surface area (TPSA) is 58.2 Å². The van der Waals surface area contributed by atoms with Crippen LogP contribution in [0.2, 0.25) is 0 Å². The standard InChI is InChI=1S/C17H14N2O2/c1-21-16-7-4-13-8-15(11-20)19(17(13)9-16)14-5-2-12(10-18)3-6-14/h2-9,20H,11H2,1H3. The molecule has 104 valence electrons. The van der Waals surface area contributed by atoms with Crippen molar-refractivity contribution >= 4 is 10.9 Å². The van der Waals surface area contributed by atoms with Gasteiger partial charge in [0.05, 0.1) is 30.9 Å². The Morgan fingerprint density at radius 3 is 2.52 bits per heavy atom. The SMILES string of the molecule is COc1ccc2cc(CO)n(-c3ccc(C#N)cc3)c2c1. The molecule has 0 aliphatic heterocycles. The molecular formula is C17H14N2O2. The van der Waals surface area contributed by atoms with Crippen LogP contribution in [0.5, 0.6) is 5.75 Å². The van der Waals surface area contributed by atoms with Crippen molar-refractivity contribution in [1.29, 1.82) is 5.26 Å². The highest BCUT2D eigenvalue weighted by atomic mass is 16.5. The summed E-state index contributed by atoms with van der Waals surface area (Å²) < 4.78 is 7.24. The summed E-state index contributed by atoms with van der Waals surface area (Å²) >= 11 is 0. The van der Waals surface area contributed by atoms with E-state index < -0.39 is 0 Å². The zero-order chi connectivity index (χ0) is 14.8. The average molecular weight is 278 g/mol. The molecule has 2 aromatic carbocycles. The molecule has 21 heavy (non-hydrogen) atoms. The van der Waals surface area contributed by atoms with Crippen LogP contribution in [0.4, 0.5) is 0 Å². The summed E-state index contributed by atoms with van der Waals surface area (Å²) in [5, 5.41) is 19.5. The number of aliphatic hydroxyl groups is 1. The molecule has 0 spiro atoms. The molecule has 4 heteroatoms. The molecule has 3 rings (SSSR count). The van der Waals surface area contributed by atoms with Crippen molar-refractivity contribution < 1.29 is 9.84 Å². The van der Waals surface area contributed by atoms with Gasteiger partial charge in [-0.1, -0.05) is 0 Å². The Labute approximate surface area is 122 Å². The van der Waals surface area contributed by atoms with Gasteiger partial charge in [0.15, 0.2) is 0 Å². The normalized spacial score (nSPS) is 10.5. The van der Waals surface area contributed by atoms with Crippen LogP contribution in [-0.2, 0) is 6.61 Å². The van der Waals surface area contributed by atoms with Gasteiger partial charge in [0.25, 0.3) is 0 Å². The van der Waals surface area contributed by atoms with Crippen LogP contribution in [0.25, 0.3) is 16.6 Å². The average Bonchev–Trinajstić information content (AvgIpc) is 2.92. The van der Waals surface area contributed by atoms with Crippen LogP contribution >= 0.6 is 0 Å². The van der Waals surface area contributed by atoms with Crippen LogP contribution in [-0.4, -0.2) is 16.8 Å². The van der Waals surface area contributed by atoms with E-state index in [1.165, 1.54) is 0 Å². The van der Waals surface area contributed by atoms with E-state index in [2.05, 4.69) is 6.07 Å². The minimum atomic E-state index is -0.0585. The summed E-state index contributed by atoms with van der Waals surface area (Å²) in [5.41, 5.74) is 3.27. The third kappa shape index (κ3) is 2.24. The van der Waals surface area contributed by atoms with Gasteiger partial charge in [-0.3, -0.25) is 0 Å². The second-order valence-electron chi connectivity index (χ2n) is 4.71. The van der Waals surface area contributed by atoms with Gasteiger partial charge in [0, 0.05) is 22.8 Å². The van der Waals surface area contributed by atoms with Crippen LogP contribution < -0.4 is 4.74 Å². The maximum absolute atomic E-state index is 9.60. The van der Waals surface area contributed by atoms with E-state index in [0.717, 1.165) is 28.0 Å². The number of aromatic nitrogens is 1. The van der Waals surface area contributed by atoms with E-state index in [1.54, 1.807) is 19.2 Å². The maximum Gasteiger partial charge on any atom is 0.120 e. The number of aliphatic hydroxyl groups excluding tert-OH is 1. The van der Waals surface area contributed by atoms with Crippen LogP contribution in [0.1, 0.15) is 11.3 Å². The minimum absolute atomic E-state index is 0.0585. The summed E-state index contributed by atoms with van der Waals surface area (Å²) in [7, 11) is 1.63. The van der Waals surface area contributed by atoms with E-state index in [-0.39, 0.29) is 6.61 Å². The van der Waals surface area contributed by atoms with E-state index in [1.807, 2.05) is 41.0 Å². The molecule has 0 fully saturated rings. The number of rotatable bonds is 3. The Balaban J connectivity index is 2.25. The number of benzene rings is 2. The molecule has 3 aromatic rings. The lowest BCUT2D eigenvalue weighted by Crippen LogP contribution is -2.00. The monoisotopic (exact) mass is 278 g/mol. The zero-order valence-corrected chi connectivity index (χ0v) is 11.6. The number of nitriles is 1. The van der Waals surface area contributed by atoms with Gasteiger partial charge in [0.2, 0.25) is 0 Å². The Hall–Kier alpha value is -2.77. The van der Waals surface area contributed by atoms with Gasteiger partial charge in [0.1, 0.15) is 5.75 Å². The fourth-order valence-corrected chi connectivity index (χ4v) is 2.47. The summed E-state index contributed by atoms with van der Waals surface area (Å²) in [5.74, 6) is 0.764. The first kappa shape index (κ1) is 13.2. The Morgan fingerprint density at radius 1 is 1.14 bits per heavy atom. The first-order chi connectivity index (χ1) is 10.3. The molecule has 0 unspecified atom stereocenters. The molecular weight excluding hydrogens is 264 g/mol. The first-order valence-corrected chi connectivity index (χ1v) is 6.56. The highest BCUT2D eigenvalue weighted by Gasteiger charge is 2.11. The fraction of sp³-hybridized carbons (Fsp3) is 0.118. The quantitative estimate of drug-likeness (QED) is 0.801. The second kappa shape index (κ2) is 5.31. The highest BCUT2D eigenvalue weighted by molar-refractivity contribution is 5.84. The van der Waals surface area contributed by atoms with E-state index >= 15 is 0 Å². The van der Waals surface area contributed by atoms with Crippen molar-refractivity contribution in [3.63, 3.8) is 0 Å². The Bertz CT molecular complexity index is 826. The zero-order valence-electron chi connectivity index (χ0n) is 11.6. The molecule has 0 aliphatic carbocycles. The summed E-state index contributed by atoms with van der Waals surface area (Å²) in [6.45, 7) is -0.0585. The van der Waals surface area contributed by atoms with Gasteiger partial charge >= 0.3 is 0 Å². The predicted molar refractivity (Wildman–Crippen MR) is 80.5 cm³/mol. The van der Waals surface area contributed by atoms with Crippen LogP contribution in [0.3, 0.4) is 0 Å². The van der Waals surface area contributed by atoms with E-state index in [9.17, 15) is 5.11 Å². The fourth-order valence-electron chi connectivity index (χ4n) is 2.47. The molecule has 0 saturated heterocycles. The third-order valence-electron chi connectivity index (χ3n) is 3.50. The number of hydrogen-bond donors (Lipinski definition) is 1. The smallest absolute Gasteiger partial charge is 0.120 e. The number of ether oxygens (including phenoxy) is 1. The third-order valence-corrected chi connectivity index (χ3v) is 3.50. The molecule has 0 saturated carbocycles. The van der Waals surface area contributed by atoms with Gasteiger partial charge in [-0.05, 0) is 42.5 Å². The maximum atomic E-state index is 9.60. The number of nitrogens with zero attached hydrogens (tertiary/aromatic N) is 2. The summed E-state index contributed by atoms with van der Waals surface area (Å²) in [4.78, 5) is 0. The van der Waals surface area contributed by atoms with E-state index in [0.29, 0.717) is 5.56 Å². The van der Waals surface area contributed by atoms with Crippen molar-refractivity contribution in [1.82, 2.24) is 4.57 Å². The largest absolute Gasteiger partial charge is 0.497 e. The molecule has 0 aliphatic rings. The number of methoxy groups -OCH3 is 1. The molecule has 0 bridgehead atoms. The van der Waals surface area contributed by atoms with Gasteiger partial charge in [-0.25, -0.2) is 0 Å². The summed E-state index contributed by atoms with van der Waals surface area (Å²) in [6, 6.07) is 17.1. The first-order valence-electron chi connectivity index (χ1n) is 6.56. The van der Waals surface area contributed by atoms with Gasteiger partial charge in [-0.15, -0.1) is 0 Å². The van der Waals surface area contributed by atoms with Crippen molar-refractivity contribution in [3.05, 3.63) is 59.8 Å². The lowest BCUT2D eigenvalue weighted by atomic mass is 10.2. The van der Waals surface area contributed by atoms with Gasteiger partial charge < -0.3 is 14.4 Å². The van der Waals surface area contributed by atoms with Crippen LogP contribution in [0.15, 0.2) is 48.5 Å². The summed E-state index contributed by atoms with van der Waals surface area (Å²) in [6.07, 6.45) is 0. The molecule has 4 nitrogen and oxygen atoms in total. The molecule has 1 N–H and O–H groups in total. The van der Waals surface area contributed by atoms with E-state index in [4.69, 9.17) is 10.00 Å². The number of fused-ring (bicyclic) bond motifs is 1. The lowest BCUT2D eigenvalue weighted by Gasteiger charge is -2.10. The molecule has 1 heterocycles. The predicted octanol–water partition coefficient (Wildman–Crippen LogP) is 3.00.